The molecular formula is C49H68N5O10P. The number of esters is 1. The maximum Gasteiger partial charge on any atom is 0.352 e. The Bertz CT molecular complexity index is 2440. The quantitative estimate of drug-likeness (QED) is 0.0933. The van der Waals surface area contributed by atoms with Gasteiger partial charge in [0, 0.05) is 84.0 Å². The van der Waals surface area contributed by atoms with Crippen LogP contribution in [0.15, 0.2) is 48.6 Å². The third-order valence-corrected chi connectivity index (χ3v) is 19.0. The summed E-state index contributed by atoms with van der Waals surface area (Å²) < 4.78 is 37.7. The molecule has 1 aliphatic carbocycles. The lowest BCUT2D eigenvalue weighted by molar-refractivity contribution is -0.203. The largest absolute Gasteiger partial charge is 0.496 e. The highest BCUT2D eigenvalue weighted by Gasteiger charge is 2.79. The number of amides is 1. The number of likely N-dealkylation sites (N-methyl/N-ethyl adjacent to an activating group) is 1. The van der Waals surface area contributed by atoms with E-state index in [1.807, 2.05) is 62.2 Å². The minimum Gasteiger partial charge on any atom is -0.496 e. The standard InChI is InChI=1S/C49H68N5O10P/c1-9-45(58)26-31-27-48(44(57)62-8,39-33(18-22-53(28-31)29-45)32-16-13-14-17-36(32)51-39)35-24-34-37(25-38(35)61-7)52(6)41-47(34)20-23-54-21-15-19-46(10-2,40(47)54)42(55)49(41,59)43(56)50-30(5)65(60,63-11-3)64-12-4/h13-17,19,24-25,30-31,40-42,51,55,58-59H,9-12,18,20-23,26-29H2,1-8H3,(H,50,56)/t30-,31-,40?,41+,42+,45-,46+,47?,48-,49-/m0/s1. The van der Waals surface area contributed by atoms with E-state index >= 15 is 9.59 Å². The number of carbonyl (C=O) groups excluding carboxylic acids is 2. The molecule has 5 aliphatic heterocycles. The lowest BCUT2D eigenvalue weighted by Gasteiger charge is -2.63. The van der Waals surface area contributed by atoms with Crippen molar-refractivity contribution in [3.05, 3.63) is 70.9 Å². The molecule has 6 aliphatic rings. The number of benzene rings is 2. The third kappa shape index (κ3) is 6.42. The molecule has 15 nitrogen and oxygen atoms in total. The number of aliphatic hydroxyl groups excluding tert-OH is 1. The fourth-order valence-corrected chi connectivity index (χ4v) is 15.6. The number of aromatic nitrogens is 1. The Morgan fingerprint density at radius 3 is 2.42 bits per heavy atom. The number of para-hydroxylation sites is 1. The van der Waals surface area contributed by atoms with Crippen LogP contribution in [0.25, 0.3) is 10.9 Å². The van der Waals surface area contributed by atoms with Gasteiger partial charge in [-0.15, -0.1) is 0 Å². The molecule has 16 heteroatoms. The zero-order valence-corrected chi connectivity index (χ0v) is 40.1. The molecule has 1 spiro atoms. The maximum atomic E-state index is 15.4. The highest BCUT2D eigenvalue weighted by atomic mass is 31.2. The summed E-state index contributed by atoms with van der Waals surface area (Å²) in [5, 5.41) is 42.4. The molecule has 1 aromatic heterocycles. The Hall–Kier alpha value is -3.79. The fourth-order valence-electron chi connectivity index (χ4n) is 14.0. The average molecular weight is 918 g/mol. The SMILES string of the molecule is CCOP(=O)(OCC)[C@@H](C)NC(=O)[C@]1(O)[C@@H]2N(C)c3cc(OC)c([C@@]4(C(=O)OC)C[C@H]5CN(CCc6c4[nH]c4ccccc64)C[C@](O)(CC)C5)cc3C23CCN2CC=C[C@](CC)(C23)[C@H]1O. The van der Waals surface area contributed by atoms with Gasteiger partial charge < -0.3 is 49.0 Å². The Morgan fingerprint density at radius 1 is 1.00 bits per heavy atom. The molecule has 3 fully saturated rings. The van der Waals surface area contributed by atoms with Crippen molar-refractivity contribution in [2.24, 2.45) is 11.3 Å². The second-order valence-corrected chi connectivity index (χ2v) is 22.0. The van der Waals surface area contributed by atoms with E-state index in [9.17, 15) is 19.9 Å². The lowest BCUT2D eigenvalue weighted by atomic mass is 9.47. The number of methoxy groups -OCH3 is 2. The molecule has 0 radical (unpaired) electrons. The van der Waals surface area contributed by atoms with Gasteiger partial charge in [-0.25, -0.2) is 0 Å². The van der Waals surface area contributed by atoms with E-state index in [4.69, 9.17) is 18.5 Å². The van der Waals surface area contributed by atoms with Crippen molar-refractivity contribution >= 4 is 36.1 Å². The Balaban J connectivity index is 1.30. The van der Waals surface area contributed by atoms with Gasteiger partial charge in [-0.05, 0) is 95.0 Å². The van der Waals surface area contributed by atoms with Crippen LogP contribution in [0.5, 0.6) is 5.75 Å². The van der Waals surface area contributed by atoms with Crippen LogP contribution >= 0.6 is 7.60 Å². The highest BCUT2D eigenvalue weighted by Crippen LogP contribution is 2.68. The number of anilines is 1. The van der Waals surface area contributed by atoms with Crippen LogP contribution in [0.1, 0.15) is 89.1 Å². The first-order valence-electron chi connectivity index (χ1n) is 23.6. The maximum absolute atomic E-state index is 15.4. The molecule has 9 rings (SSSR count). The highest BCUT2D eigenvalue weighted by molar-refractivity contribution is 7.54. The number of carbonyl (C=O) groups is 2. The van der Waals surface area contributed by atoms with Crippen molar-refractivity contribution in [3.63, 3.8) is 0 Å². The van der Waals surface area contributed by atoms with E-state index in [0.717, 1.165) is 27.7 Å². The monoisotopic (exact) mass is 917 g/mol. The molecule has 11 atom stereocenters. The number of piperidine rings is 1. The summed E-state index contributed by atoms with van der Waals surface area (Å²) in [6.07, 6.45) is 5.32. The van der Waals surface area contributed by atoms with Crippen molar-refractivity contribution in [1.82, 2.24) is 20.1 Å². The number of hydrogen-bond donors (Lipinski definition) is 5. The molecule has 354 valence electrons. The Morgan fingerprint density at radius 2 is 1.74 bits per heavy atom. The minimum atomic E-state index is -3.90. The number of nitrogens with one attached hydrogen (secondary N) is 2. The molecule has 1 amide bonds. The van der Waals surface area contributed by atoms with Crippen LogP contribution in [0, 0.1) is 11.3 Å². The van der Waals surface area contributed by atoms with Gasteiger partial charge in [0.15, 0.2) is 5.60 Å². The molecule has 5 N–H and O–H groups in total. The van der Waals surface area contributed by atoms with Gasteiger partial charge in [0.1, 0.15) is 23.1 Å². The van der Waals surface area contributed by atoms with E-state index in [1.54, 1.807) is 21.0 Å². The van der Waals surface area contributed by atoms with Crippen molar-refractivity contribution in [2.45, 2.75) is 119 Å². The number of H-pyrrole nitrogens is 1. The average Bonchev–Trinajstić information content (AvgIpc) is 3.96. The second kappa shape index (κ2) is 16.5. The van der Waals surface area contributed by atoms with Crippen LogP contribution in [0.4, 0.5) is 5.69 Å². The summed E-state index contributed by atoms with van der Waals surface area (Å²) in [5.41, 5.74) is -2.23. The molecule has 6 heterocycles. The summed E-state index contributed by atoms with van der Waals surface area (Å²) in [4.78, 5) is 41.0. The summed E-state index contributed by atoms with van der Waals surface area (Å²) in [6.45, 7) is 12.2. The van der Waals surface area contributed by atoms with Gasteiger partial charge in [-0.1, -0.05) is 44.2 Å². The summed E-state index contributed by atoms with van der Waals surface area (Å²) in [7, 11) is 0.955. The predicted molar refractivity (Wildman–Crippen MR) is 247 cm³/mol. The first kappa shape index (κ1) is 46.3. The minimum absolute atomic E-state index is 0.0745. The van der Waals surface area contributed by atoms with E-state index in [-0.39, 0.29) is 25.2 Å². The van der Waals surface area contributed by atoms with E-state index in [2.05, 4.69) is 32.2 Å². The molecule has 1 saturated carbocycles. The van der Waals surface area contributed by atoms with Crippen LogP contribution in [-0.4, -0.2) is 144 Å². The summed E-state index contributed by atoms with van der Waals surface area (Å²) in [6, 6.07) is 10.7. The van der Waals surface area contributed by atoms with Crippen LogP contribution < -0.4 is 15.0 Å². The van der Waals surface area contributed by atoms with E-state index < -0.39 is 64.8 Å². The number of ether oxygens (including phenoxy) is 2. The molecule has 65 heavy (non-hydrogen) atoms. The Labute approximate surface area is 382 Å². The van der Waals surface area contributed by atoms with E-state index in [0.29, 0.717) is 88.2 Å². The van der Waals surface area contributed by atoms with Crippen LogP contribution in [-0.2, 0) is 45.2 Å². The van der Waals surface area contributed by atoms with Crippen molar-refractivity contribution in [2.75, 3.05) is 72.1 Å². The van der Waals surface area contributed by atoms with Crippen molar-refractivity contribution < 1.29 is 48.0 Å². The number of nitrogens with zero attached hydrogens (tertiary/aromatic N) is 3. The number of rotatable bonds is 12. The molecular weight excluding hydrogens is 850 g/mol. The first-order valence-corrected chi connectivity index (χ1v) is 25.2. The second-order valence-electron chi connectivity index (χ2n) is 19.7. The number of fused-ring (bicyclic) bond motifs is 6. The van der Waals surface area contributed by atoms with Crippen LogP contribution in [0.3, 0.4) is 0 Å². The number of aromatic amines is 1. The lowest BCUT2D eigenvalue weighted by Crippen LogP contribution is -2.82. The molecule has 2 saturated heterocycles. The van der Waals surface area contributed by atoms with Crippen LogP contribution in [0.2, 0.25) is 0 Å². The smallest absolute Gasteiger partial charge is 0.352 e. The van der Waals surface area contributed by atoms with Gasteiger partial charge in [0.25, 0.3) is 5.91 Å². The number of aliphatic hydroxyl groups is 3. The molecule has 3 aromatic rings. The zero-order valence-electron chi connectivity index (χ0n) is 39.2. The first-order chi connectivity index (χ1) is 31.0. The van der Waals surface area contributed by atoms with E-state index in [1.165, 1.54) is 14.0 Å². The topological polar surface area (TPSA) is 186 Å². The normalized spacial score (nSPS) is 35.6. The van der Waals surface area contributed by atoms with Crippen molar-refractivity contribution in [1.29, 1.82) is 0 Å². The zero-order chi connectivity index (χ0) is 46.5. The van der Waals surface area contributed by atoms with Gasteiger partial charge in [0.2, 0.25) is 0 Å². The van der Waals surface area contributed by atoms with Crippen molar-refractivity contribution in [3.8, 4) is 5.75 Å². The molecule has 2 bridgehead atoms. The summed E-state index contributed by atoms with van der Waals surface area (Å²) >= 11 is 0. The van der Waals surface area contributed by atoms with Gasteiger partial charge in [0.05, 0.1) is 39.1 Å². The molecule has 2 aromatic carbocycles. The molecule has 3 unspecified atom stereocenters. The Kier molecular flexibility index (Phi) is 11.7. The summed E-state index contributed by atoms with van der Waals surface area (Å²) in [5.74, 6) is -2.20. The fraction of sp³-hybridized carbons (Fsp3) is 0.633. The third-order valence-electron chi connectivity index (χ3n) is 16.6. The van der Waals surface area contributed by atoms with Gasteiger partial charge >= 0.3 is 13.6 Å². The van der Waals surface area contributed by atoms with Gasteiger partial charge in [-0.2, -0.15) is 0 Å². The predicted octanol–water partition coefficient (Wildman–Crippen LogP) is 4.98. The van der Waals surface area contributed by atoms with Gasteiger partial charge in [-0.3, -0.25) is 24.0 Å². The number of hydrogen-bond acceptors (Lipinski definition) is 13.